The highest BCUT2D eigenvalue weighted by Gasteiger charge is 2.17. The van der Waals surface area contributed by atoms with Gasteiger partial charge in [-0.2, -0.15) is 11.8 Å². The Morgan fingerprint density at radius 1 is 1.05 bits per heavy atom. The first kappa shape index (κ1) is 16.6. The lowest BCUT2D eigenvalue weighted by molar-refractivity contribution is -0.139. The maximum absolute atomic E-state index is 11.3. The van der Waals surface area contributed by atoms with Crippen molar-refractivity contribution in [3.63, 3.8) is 0 Å². The van der Waals surface area contributed by atoms with Crippen molar-refractivity contribution < 1.29 is 9.90 Å². The van der Waals surface area contributed by atoms with Crippen molar-refractivity contribution in [2.75, 3.05) is 12.3 Å². The number of aliphatic carboxylic acids is 1. The highest BCUT2D eigenvalue weighted by Crippen LogP contribution is 2.14. The molecule has 0 bridgehead atoms. The van der Waals surface area contributed by atoms with Gasteiger partial charge in [-0.25, -0.2) is 0 Å². The van der Waals surface area contributed by atoms with E-state index in [1.165, 1.54) is 5.56 Å². The summed E-state index contributed by atoms with van der Waals surface area (Å²) in [7, 11) is 0. The molecule has 0 aliphatic carbocycles. The zero-order chi connectivity index (χ0) is 15.6. The molecule has 4 heteroatoms. The number of hydrogen-bond acceptors (Lipinski definition) is 3. The van der Waals surface area contributed by atoms with Crippen molar-refractivity contribution in [3.8, 4) is 0 Å². The van der Waals surface area contributed by atoms with Gasteiger partial charge in [-0.15, -0.1) is 0 Å². The lowest BCUT2D eigenvalue weighted by Crippen LogP contribution is -2.29. The Morgan fingerprint density at radius 2 is 1.68 bits per heavy atom. The summed E-state index contributed by atoms with van der Waals surface area (Å²) in [5.41, 5.74) is 2.13. The third-order valence-corrected chi connectivity index (χ3v) is 4.42. The first-order valence-corrected chi connectivity index (χ1v) is 8.55. The average molecular weight is 315 g/mol. The first-order chi connectivity index (χ1) is 10.8. The molecule has 3 nitrogen and oxygen atoms in total. The first-order valence-electron chi connectivity index (χ1n) is 7.40. The van der Waals surface area contributed by atoms with Gasteiger partial charge in [-0.1, -0.05) is 60.7 Å². The van der Waals surface area contributed by atoms with Gasteiger partial charge < -0.3 is 10.4 Å². The lowest BCUT2D eigenvalue weighted by Gasteiger charge is -2.14. The molecule has 0 radical (unpaired) electrons. The molecule has 0 saturated carbocycles. The van der Waals surface area contributed by atoms with Crippen LogP contribution in [-0.2, 0) is 10.5 Å². The van der Waals surface area contributed by atoms with Crippen molar-refractivity contribution in [2.24, 2.45) is 0 Å². The Labute approximate surface area is 135 Å². The van der Waals surface area contributed by atoms with Gasteiger partial charge in [0, 0.05) is 5.75 Å². The van der Waals surface area contributed by atoms with Crippen molar-refractivity contribution in [2.45, 2.75) is 18.2 Å². The summed E-state index contributed by atoms with van der Waals surface area (Å²) >= 11 is 1.87. The van der Waals surface area contributed by atoms with Crippen LogP contribution in [0.1, 0.15) is 23.6 Å². The summed E-state index contributed by atoms with van der Waals surface area (Å²) in [6.07, 6.45) is 0.952. The Hall–Kier alpha value is -1.78. The van der Waals surface area contributed by atoms with Crippen LogP contribution in [0.15, 0.2) is 60.7 Å². The van der Waals surface area contributed by atoms with E-state index in [-0.39, 0.29) is 0 Å². The standard InChI is InChI=1S/C18H21NO2S/c20-18(21)17(16-10-5-2-6-11-16)19-12-7-13-22-14-15-8-3-1-4-9-15/h1-6,8-11,17,19H,7,12-14H2,(H,20,21)/t17-/m0/s1. The van der Waals surface area contributed by atoms with Crippen LogP contribution in [0.2, 0.25) is 0 Å². The molecule has 0 saturated heterocycles. The number of carbonyl (C=O) groups is 1. The van der Waals surface area contributed by atoms with E-state index in [9.17, 15) is 9.90 Å². The number of nitrogens with one attached hydrogen (secondary N) is 1. The summed E-state index contributed by atoms with van der Waals surface area (Å²) in [6.45, 7) is 0.702. The van der Waals surface area contributed by atoms with Gasteiger partial charge in [0.25, 0.3) is 0 Å². The van der Waals surface area contributed by atoms with Gasteiger partial charge in [-0.05, 0) is 29.8 Å². The Kier molecular flexibility index (Phi) is 7.00. The molecule has 2 N–H and O–H groups in total. The molecule has 0 heterocycles. The highest BCUT2D eigenvalue weighted by molar-refractivity contribution is 7.98. The second-order valence-electron chi connectivity index (χ2n) is 5.03. The van der Waals surface area contributed by atoms with Crippen molar-refractivity contribution in [1.82, 2.24) is 5.32 Å². The Bertz CT molecular complexity index is 560. The van der Waals surface area contributed by atoms with Crippen LogP contribution in [0.4, 0.5) is 0 Å². The van der Waals surface area contributed by atoms with E-state index in [1.807, 2.05) is 48.2 Å². The van der Waals surface area contributed by atoms with Crippen LogP contribution in [0.25, 0.3) is 0 Å². The molecule has 0 amide bonds. The van der Waals surface area contributed by atoms with Gasteiger partial charge in [0.15, 0.2) is 0 Å². The molecule has 116 valence electrons. The highest BCUT2D eigenvalue weighted by atomic mass is 32.2. The fourth-order valence-corrected chi connectivity index (χ4v) is 3.10. The molecular weight excluding hydrogens is 294 g/mol. The molecule has 0 aliphatic rings. The fourth-order valence-electron chi connectivity index (χ4n) is 2.18. The summed E-state index contributed by atoms with van der Waals surface area (Å²) in [5, 5.41) is 12.4. The molecular formula is C18H21NO2S. The minimum Gasteiger partial charge on any atom is -0.480 e. The number of rotatable bonds is 9. The van der Waals surface area contributed by atoms with Crippen molar-refractivity contribution in [3.05, 3.63) is 71.8 Å². The van der Waals surface area contributed by atoms with Crippen LogP contribution in [-0.4, -0.2) is 23.4 Å². The quantitative estimate of drug-likeness (QED) is 0.692. The molecule has 2 rings (SSSR count). The van der Waals surface area contributed by atoms with Gasteiger partial charge >= 0.3 is 5.97 Å². The summed E-state index contributed by atoms with van der Waals surface area (Å²) in [4.78, 5) is 11.3. The minimum absolute atomic E-state index is 0.625. The van der Waals surface area contributed by atoms with Crippen LogP contribution in [0.3, 0.4) is 0 Å². The van der Waals surface area contributed by atoms with Crippen molar-refractivity contribution >= 4 is 17.7 Å². The number of benzene rings is 2. The summed E-state index contributed by atoms with van der Waals surface area (Å²) in [6, 6.07) is 19.1. The number of hydrogen-bond donors (Lipinski definition) is 2. The van der Waals surface area contributed by atoms with E-state index < -0.39 is 12.0 Å². The monoisotopic (exact) mass is 315 g/mol. The number of thioether (sulfide) groups is 1. The van der Waals surface area contributed by atoms with E-state index >= 15 is 0 Å². The smallest absolute Gasteiger partial charge is 0.325 e. The second kappa shape index (κ2) is 9.28. The van der Waals surface area contributed by atoms with E-state index in [1.54, 1.807) is 0 Å². The molecule has 1 atom stereocenters. The van der Waals surface area contributed by atoms with Crippen LogP contribution < -0.4 is 5.32 Å². The van der Waals surface area contributed by atoms with Gasteiger partial charge in [0.05, 0.1) is 0 Å². The zero-order valence-corrected chi connectivity index (χ0v) is 13.3. The Morgan fingerprint density at radius 3 is 2.32 bits per heavy atom. The van der Waals surface area contributed by atoms with Crippen LogP contribution in [0.5, 0.6) is 0 Å². The fraction of sp³-hybridized carbons (Fsp3) is 0.278. The molecule has 0 unspecified atom stereocenters. The maximum Gasteiger partial charge on any atom is 0.325 e. The molecule has 0 fully saturated rings. The van der Waals surface area contributed by atoms with Gasteiger partial charge in [-0.3, -0.25) is 4.79 Å². The predicted molar refractivity (Wildman–Crippen MR) is 92.0 cm³/mol. The molecule has 0 aliphatic heterocycles. The van der Waals surface area contributed by atoms with E-state index in [2.05, 4.69) is 29.6 Å². The second-order valence-corrected chi connectivity index (χ2v) is 6.13. The molecule has 0 aromatic heterocycles. The Balaban J connectivity index is 1.67. The SMILES string of the molecule is O=C(O)[C@@H](NCCCSCc1ccccc1)c1ccccc1. The normalized spacial score (nSPS) is 12.0. The summed E-state index contributed by atoms with van der Waals surface area (Å²) < 4.78 is 0. The molecule has 22 heavy (non-hydrogen) atoms. The van der Waals surface area contributed by atoms with E-state index in [0.29, 0.717) is 6.54 Å². The largest absolute Gasteiger partial charge is 0.480 e. The predicted octanol–water partition coefficient (Wildman–Crippen LogP) is 3.73. The van der Waals surface area contributed by atoms with Crippen LogP contribution in [0, 0.1) is 0 Å². The number of carboxylic acid groups (broad SMARTS) is 1. The van der Waals surface area contributed by atoms with Crippen LogP contribution >= 0.6 is 11.8 Å². The van der Waals surface area contributed by atoms with Gasteiger partial charge in [0.1, 0.15) is 6.04 Å². The third kappa shape index (κ3) is 5.54. The maximum atomic E-state index is 11.3. The number of carboxylic acids is 1. The van der Waals surface area contributed by atoms with E-state index in [0.717, 1.165) is 23.5 Å². The molecule has 2 aromatic carbocycles. The summed E-state index contributed by atoms with van der Waals surface area (Å²) in [5.74, 6) is 1.19. The van der Waals surface area contributed by atoms with Gasteiger partial charge in [0.2, 0.25) is 0 Å². The lowest BCUT2D eigenvalue weighted by atomic mass is 10.1. The average Bonchev–Trinajstić information content (AvgIpc) is 2.55. The van der Waals surface area contributed by atoms with Crippen molar-refractivity contribution in [1.29, 1.82) is 0 Å². The molecule has 2 aromatic rings. The topological polar surface area (TPSA) is 49.3 Å². The zero-order valence-electron chi connectivity index (χ0n) is 12.4. The molecule has 0 spiro atoms. The third-order valence-electron chi connectivity index (χ3n) is 3.31. The van der Waals surface area contributed by atoms with E-state index in [4.69, 9.17) is 0 Å². The minimum atomic E-state index is -0.830.